The molecule has 1 atom stereocenters. The molecule has 3 rings (SSSR count). The van der Waals surface area contributed by atoms with Crippen LogP contribution in [0.4, 0.5) is 0 Å². The summed E-state index contributed by atoms with van der Waals surface area (Å²) in [6.45, 7) is 9.76. The molecular weight excluding hydrogens is 378 g/mol. The van der Waals surface area contributed by atoms with Gasteiger partial charge in [0, 0.05) is 51.7 Å². The van der Waals surface area contributed by atoms with Crippen molar-refractivity contribution in [3.63, 3.8) is 0 Å². The molecule has 160 valence electrons. The van der Waals surface area contributed by atoms with Crippen LogP contribution < -0.4 is 10.6 Å². The minimum atomic E-state index is -0.615. The third-order valence-electron chi connectivity index (χ3n) is 5.60. The third kappa shape index (κ3) is 6.11. The molecule has 2 heterocycles. The molecule has 0 spiro atoms. The van der Waals surface area contributed by atoms with Crippen molar-refractivity contribution < 1.29 is 9.59 Å². The molecular formula is C23H31N5O2. The largest absolute Gasteiger partial charge is 0.346 e. The molecule has 2 N–H and O–H groups in total. The van der Waals surface area contributed by atoms with E-state index in [0.29, 0.717) is 13.1 Å². The van der Waals surface area contributed by atoms with Crippen LogP contribution in [0.5, 0.6) is 0 Å². The molecule has 1 saturated heterocycles. The highest BCUT2D eigenvalue weighted by Gasteiger charge is 2.26. The van der Waals surface area contributed by atoms with Gasteiger partial charge in [-0.2, -0.15) is 0 Å². The second-order valence-electron chi connectivity index (χ2n) is 7.65. The van der Waals surface area contributed by atoms with E-state index in [4.69, 9.17) is 0 Å². The summed E-state index contributed by atoms with van der Waals surface area (Å²) in [5.41, 5.74) is 3.16. The Bertz CT molecular complexity index is 817. The normalized spacial score (nSPS) is 16.1. The van der Waals surface area contributed by atoms with Crippen molar-refractivity contribution in [1.82, 2.24) is 25.4 Å². The number of aryl methyl sites for hydroxylation is 1. The summed E-state index contributed by atoms with van der Waals surface area (Å²) in [7, 11) is 0. The van der Waals surface area contributed by atoms with E-state index in [1.807, 2.05) is 49.5 Å². The lowest BCUT2D eigenvalue weighted by atomic mass is 10.1. The van der Waals surface area contributed by atoms with Gasteiger partial charge in [-0.3, -0.25) is 19.5 Å². The zero-order valence-electron chi connectivity index (χ0n) is 17.8. The summed E-state index contributed by atoms with van der Waals surface area (Å²) in [4.78, 5) is 33.6. The minimum Gasteiger partial charge on any atom is -0.346 e. The molecule has 7 nitrogen and oxygen atoms in total. The molecule has 2 aromatic rings. The number of nitrogens with one attached hydrogen (secondary N) is 2. The highest BCUT2D eigenvalue weighted by Crippen LogP contribution is 2.21. The number of carbonyl (C=O) groups excluding carboxylic acids is 2. The molecule has 0 unspecified atom stereocenters. The number of hydrogen-bond donors (Lipinski definition) is 2. The number of amides is 2. The fourth-order valence-corrected chi connectivity index (χ4v) is 3.66. The number of carbonyl (C=O) groups is 2. The fraction of sp³-hybridized carbons (Fsp3) is 0.435. The number of benzene rings is 1. The van der Waals surface area contributed by atoms with Gasteiger partial charge >= 0.3 is 11.8 Å². The summed E-state index contributed by atoms with van der Waals surface area (Å²) < 4.78 is 0. The van der Waals surface area contributed by atoms with E-state index in [1.165, 1.54) is 0 Å². The quantitative estimate of drug-likeness (QED) is 0.678. The van der Waals surface area contributed by atoms with Crippen LogP contribution in [0, 0.1) is 6.92 Å². The first kappa shape index (κ1) is 21.9. The molecule has 1 aromatic heterocycles. The van der Waals surface area contributed by atoms with Crippen molar-refractivity contribution in [2.45, 2.75) is 26.4 Å². The molecule has 1 aliphatic heterocycles. The first-order chi connectivity index (χ1) is 14.6. The predicted molar refractivity (Wildman–Crippen MR) is 117 cm³/mol. The van der Waals surface area contributed by atoms with E-state index in [1.54, 1.807) is 6.20 Å². The van der Waals surface area contributed by atoms with Crippen LogP contribution in [0.3, 0.4) is 0 Å². The molecule has 0 saturated carbocycles. The van der Waals surface area contributed by atoms with Crippen molar-refractivity contribution in [3.8, 4) is 0 Å². The maximum Gasteiger partial charge on any atom is 0.309 e. The van der Waals surface area contributed by atoms with E-state index in [2.05, 4.69) is 32.3 Å². The van der Waals surface area contributed by atoms with Crippen molar-refractivity contribution in [3.05, 3.63) is 65.5 Å². The fourth-order valence-electron chi connectivity index (χ4n) is 3.66. The number of hydrogen-bond acceptors (Lipinski definition) is 5. The molecule has 0 bridgehead atoms. The van der Waals surface area contributed by atoms with E-state index in [9.17, 15) is 9.59 Å². The predicted octanol–water partition coefficient (Wildman–Crippen LogP) is 1.50. The van der Waals surface area contributed by atoms with Gasteiger partial charge in [0.2, 0.25) is 0 Å². The van der Waals surface area contributed by atoms with Crippen LogP contribution in [0.2, 0.25) is 0 Å². The summed E-state index contributed by atoms with van der Waals surface area (Å²) in [6, 6.07) is 11.8. The van der Waals surface area contributed by atoms with Crippen molar-refractivity contribution in [2.75, 3.05) is 39.3 Å². The minimum absolute atomic E-state index is 0.00782. The SMILES string of the molecule is CCN1CCN([C@H](CNC(=O)C(=O)NCc2ccc(C)cc2)c2cccnc2)CC1. The first-order valence-electron chi connectivity index (χ1n) is 10.5. The maximum absolute atomic E-state index is 12.4. The Balaban J connectivity index is 1.55. The van der Waals surface area contributed by atoms with E-state index in [0.717, 1.165) is 49.4 Å². The monoisotopic (exact) mass is 409 g/mol. The van der Waals surface area contributed by atoms with Gasteiger partial charge in [-0.05, 0) is 30.7 Å². The van der Waals surface area contributed by atoms with Crippen molar-refractivity contribution >= 4 is 11.8 Å². The van der Waals surface area contributed by atoms with Gasteiger partial charge in [-0.25, -0.2) is 0 Å². The first-order valence-corrected chi connectivity index (χ1v) is 10.5. The molecule has 2 amide bonds. The molecule has 1 fully saturated rings. The van der Waals surface area contributed by atoms with Crippen LogP contribution >= 0.6 is 0 Å². The van der Waals surface area contributed by atoms with E-state index >= 15 is 0 Å². The lowest BCUT2D eigenvalue weighted by Crippen LogP contribution is -2.50. The summed E-state index contributed by atoms with van der Waals surface area (Å²) in [5, 5.41) is 5.51. The van der Waals surface area contributed by atoms with Gasteiger partial charge in [0.1, 0.15) is 0 Å². The smallest absolute Gasteiger partial charge is 0.309 e. The third-order valence-corrected chi connectivity index (χ3v) is 5.60. The Morgan fingerprint density at radius 1 is 1.03 bits per heavy atom. The summed E-state index contributed by atoms with van der Waals surface area (Å²) in [5.74, 6) is -1.22. The second kappa shape index (κ2) is 10.8. The lowest BCUT2D eigenvalue weighted by Gasteiger charge is -2.39. The summed E-state index contributed by atoms with van der Waals surface area (Å²) >= 11 is 0. The average Bonchev–Trinajstić information content (AvgIpc) is 2.79. The molecule has 30 heavy (non-hydrogen) atoms. The maximum atomic E-state index is 12.4. The zero-order chi connectivity index (χ0) is 21.3. The van der Waals surface area contributed by atoms with Gasteiger partial charge < -0.3 is 15.5 Å². The van der Waals surface area contributed by atoms with Crippen LogP contribution in [0.1, 0.15) is 29.7 Å². The Morgan fingerprint density at radius 3 is 2.37 bits per heavy atom. The Morgan fingerprint density at radius 2 is 1.73 bits per heavy atom. The van der Waals surface area contributed by atoms with Gasteiger partial charge in [0.25, 0.3) is 0 Å². The van der Waals surface area contributed by atoms with Gasteiger partial charge in [0.05, 0.1) is 6.04 Å². The van der Waals surface area contributed by atoms with Crippen molar-refractivity contribution in [2.24, 2.45) is 0 Å². The van der Waals surface area contributed by atoms with Gasteiger partial charge in [-0.15, -0.1) is 0 Å². The van der Waals surface area contributed by atoms with Gasteiger partial charge in [0.15, 0.2) is 0 Å². The Hall–Kier alpha value is -2.77. The number of piperazine rings is 1. The van der Waals surface area contributed by atoms with Crippen LogP contribution in [0.25, 0.3) is 0 Å². The number of nitrogens with zero attached hydrogens (tertiary/aromatic N) is 3. The van der Waals surface area contributed by atoms with Crippen LogP contribution in [-0.2, 0) is 16.1 Å². The Labute approximate surface area is 178 Å². The highest BCUT2D eigenvalue weighted by molar-refractivity contribution is 6.35. The number of likely N-dealkylation sites (N-methyl/N-ethyl adjacent to an activating group) is 1. The zero-order valence-corrected chi connectivity index (χ0v) is 17.8. The molecule has 0 aliphatic carbocycles. The lowest BCUT2D eigenvalue weighted by molar-refractivity contribution is -0.139. The molecule has 1 aliphatic rings. The second-order valence-corrected chi connectivity index (χ2v) is 7.65. The number of aromatic nitrogens is 1. The molecule has 0 radical (unpaired) electrons. The molecule has 7 heteroatoms. The van der Waals surface area contributed by atoms with Crippen LogP contribution in [-0.4, -0.2) is 65.9 Å². The average molecular weight is 410 g/mol. The topological polar surface area (TPSA) is 77.6 Å². The number of pyridine rings is 1. The van der Waals surface area contributed by atoms with E-state index in [-0.39, 0.29) is 6.04 Å². The summed E-state index contributed by atoms with van der Waals surface area (Å²) in [6.07, 6.45) is 3.58. The standard InChI is InChI=1S/C23H31N5O2/c1-3-27-11-13-28(14-12-27)21(20-5-4-10-24-16-20)17-26-23(30)22(29)25-15-19-8-6-18(2)7-9-19/h4-10,16,21H,3,11-15,17H2,1-2H3,(H,25,29)(H,26,30)/t21-/m1/s1. The highest BCUT2D eigenvalue weighted by atomic mass is 16.2. The van der Waals surface area contributed by atoms with Crippen molar-refractivity contribution in [1.29, 1.82) is 0 Å². The number of rotatable bonds is 7. The van der Waals surface area contributed by atoms with Gasteiger partial charge in [-0.1, -0.05) is 42.8 Å². The van der Waals surface area contributed by atoms with Crippen LogP contribution in [0.15, 0.2) is 48.8 Å². The van der Waals surface area contributed by atoms with E-state index < -0.39 is 11.8 Å². The molecule has 1 aromatic carbocycles. The Kier molecular flexibility index (Phi) is 7.93.